The van der Waals surface area contributed by atoms with E-state index in [0.717, 1.165) is 0 Å². The molecular formula is C20H15NO5. The molecule has 0 aliphatic heterocycles. The molecule has 0 aliphatic rings. The summed E-state index contributed by atoms with van der Waals surface area (Å²) < 4.78 is 15.3. The number of benzene rings is 3. The number of anilines is 1. The average Bonchev–Trinajstić information content (AvgIpc) is 2.63. The van der Waals surface area contributed by atoms with Gasteiger partial charge in [0.2, 0.25) is 0 Å². The first-order valence-corrected chi connectivity index (χ1v) is 7.78. The van der Waals surface area contributed by atoms with Crippen molar-refractivity contribution >= 4 is 17.9 Å². The average molecular weight is 349 g/mol. The van der Waals surface area contributed by atoms with Crippen LogP contribution in [0.1, 0.15) is 0 Å². The number of carbonyl (C=O) groups excluding carboxylic acids is 2. The summed E-state index contributed by atoms with van der Waals surface area (Å²) in [6.07, 6.45) is -1.53. The molecule has 1 amide bonds. The third-order valence-corrected chi connectivity index (χ3v) is 3.18. The molecule has 130 valence electrons. The highest BCUT2D eigenvalue weighted by molar-refractivity contribution is 5.86. The van der Waals surface area contributed by atoms with E-state index < -0.39 is 12.2 Å². The molecule has 0 saturated heterocycles. The lowest BCUT2D eigenvalue weighted by molar-refractivity contribution is 0.152. The van der Waals surface area contributed by atoms with Gasteiger partial charge < -0.3 is 14.2 Å². The van der Waals surface area contributed by atoms with E-state index in [9.17, 15) is 9.59 Å². The maximum Gasteiger partial charge on any atom is 0.519 e. The van der Waals surface area contributed by atoms with Crippen molar-refractivity contribution in [2.24, 2.45) is 0 Å². The first-order chi connectivity index (χ1) is 12.7. The minimum atomic E-state index is -0.875. The lowest BCUT2D eigenvalue weighted by Gasteiger charge is -2.09. The van der Waals surface area contributed by atoms with Gasteiger partial charge in [0.1, 0.15) is 17.2 Å². The van der Waals surface area contributed by atoms with E-state index in [1.54, 1.807) is 66.7 Å². The van der Waals surface area contributed by atoms with Crippen LogP contribution >= 0.6 is 0 Å². The van der Waals surface area contributed by atoms with Gasteiger partial charge in [0, 0.05) is 11.8 Å². The minimum Gasteiger partial charge on any atom is -0.410 e. The van der Waals surface area contributed by atoms with E-state index in [0.29, 0.717) is 17.2 Å². The number of rotatable bonds is 4. The molecule has 26 heavy (non-hydrogen) atoms. The topological polar surface area (TPSA) is 73.9 Å². The van der Waals surface area contributed by atoms with Crippen molar-refractivity contribution in [1.29, 1.82) is 0 Å². The molecule has 0 aliphatic carbocycles. The number of nitrogens with one attached hydrogen (secondary N) is 1. The first-order valence-electron chi connectivity index (χ1n) is 7.78. The van der Waals surface area contributed by atoms with Crippen LogP contribution in [-0.2, 0) is 0 Å². The fourth-order valence-electron chi connectivity index (χ4n) is 2.08. The van der Waals surface area contributed by atoms with Crippen LogP contribution in [0.3, 0.4) is 0 Å². The molecule has 0 atom stereocenters. The highest BCUT2D eigenvalue weighted by Gasteiger charge is 2.10. The van der Waals surface area contributed by atoms with Gasteiger partial charge in [-0.15, -0.1) is 0 Å². The number of amides is 1. The first kappa shape index (κ1) is 17.0. The Hall–Kier alpha value is -3.80. The summed E-state index contributed by atoms with van der Waals surface area (Å²) in [5, 5.41) is 2.56. The zero-order chi connectivity index (χ0) is 18.2. The summed E-state index contributed by atoms with van der Waals surface area (Å²) in [7, 11) is 0. The van der Waals surface area contributed by atoms with E-state index in [1.165, 1.54) is 6.07 Å². The van der Waals surface area contributed by atoms with Crippen LogP contribution in [0.4, 0.5) is 15.3 Å². The summed E-state index contributed by atoms with van der Waals surface area (Å²) in [5.74, 6) is 1.02. The largest absolute Gasteiger partial charge is 0.519 e. The van der Waals surface area contributed by atoms with Crippen LogP contribution in [0.15, 0.2) is 84.9 Å². The second-order valence-corrected chi connectivity index (χ2v) is 5.12. The molecule has 0 bridgehead atoms. The number of carbonyl (C=O) groups is 2. The van der Waals surface area contributed by atoms with Crippen LogP contribution in [-0.4, -0.2) is 12.2 Å². The third-order valence-electron chi connectivity index (χ3n) is 3.18. The second-order valence-electron chi connectivity index (χ2n) is 5.12. The fourth-order valence-corrected chi connectivity index (χ4v) is 2.08. The van der Waals surface area contributed by atoms with Gasteiger partial charge in [-0.25, -0.2) is 9.59 Å². The number of hydrogen-bond donors (Lipinski definition) is 1. The predicted octanol–water partition coefficient (Wildman–Crippen LogP) is 4.88. The normalized spacial score (nSPS) is 9.85. The van der Waals surface area contributed by atoms with Gasteiger partial charge in [-0.1, -0.05) is 42.5 Å². The highest BCUT2D eigenvalue weighted by Crippen LogP contribution is 2.19. The molecule has 6 heteroatoms. The zero-order valence-electron chi connectivity index (χ0n) is 13.6. The van der Waals surface area contributed by atoms with Crippen molar-refractivity contribution in [1.82, 2.24) is 0 Å². The lowest BCUT2D eigenvalue weighted by Crippen LogP contribution is -2.17. The van der Waals surface area contributed by atoms with Crippen LogP contribution < -0.4 is 19.5 Å². The highest BCUT2D eigenvalue weighted by atomic mass is 16.7. The van der Waals surface area contributed by atoms with Gasteiger partial charge in [-0.05, 0) is 36.4 Å². The zero-order valence-corrected chi connectivity index (χ0v) is 13.6. The molecule has 0 heterocycles. The van der Waals surface area contributed by atoms with E-state index in [4.69, 9.17) is 14.2 Å². The molecule has 0 spiro atoms. The SMILES string of the molecule is O=C(Nc1cccc(OC(=O)Oc2ccccc2)c1)Oc1ccccc1. The van der Waals surface area contributed by atoms with Crippen LogP contribution in [0.25, 0.3) is 0 Å². The van der Waals surface area contributed by atoms with Crippen LogP contribution in [0.2, 0.25) is 0 Å². The van der Waals surface area contributed by atoms with Crippen molar-refractivity contribution in [2.45, 2.75) is 0 Å². The Morgan fingerprint density at radius 2 is 1.15 bits per heavy atom. The number of hydrogen-bond acceptors (Lipinski definition) is 5. The second kappa shape index (κ2) is 8.34. The molecule has 3 aromatic rings. The Labute approximate surface area is 149 Å². The van der Waals surface area contributed by atoms with Crippen LogP contribution in [0.5, 0.6) is 17.2 Å². The van der Waals surface area contributed by atoms with E-state index in [1.807, 2.05) is 12.1 Å². The Morgan fingerprint density at radius 3 is 1.81 bits per heavy atom. The third kappa shape index (κ3) is 5.10. The van der Waals surface area contributed by atoms with Gasteiger partial charge in [-0.2, -0.15) is 0 Å². The summed E-state index contributed by atoms with van der Waals surface area (Å²) >= 11 is 0. The summed E-state index contributed by atoms with van der Waals surface area (Å²) in [5.41, 5.74) is 0.413. The van der Waals surface area contributed by atoms with Gasteiger partial charge in [-0.3, -0.25) is 5.32 Å². The Bertz CT molecular complexity index is 810. The van der Waals surface area contributed by atoms with Gasteiger partial charge in [0.25, 0.3) is 0 Å². The summed E-state index contributed by atoms with van der Waals surface area (Å²) in [6, 6.07) is 23.6. The van der Waals surface area contributed by atoms with Gasteiger partial charge in [0.15, 0.2) is 0 Å². The Kier molecular flexibility index (Phi) is 5.47. The fraction of sp³-hybridized carbons (Fsp3) is 0. The summed E-state index contributed by atoms with van der Waals surface area (Å²) in [6.45, 7) is 0. The monoisotopic (exact) mass is 349 g/mol. The molecule has 0 aromatic heterocycles. The minimum absolute atomic E-state index is 0.225. The van der Waals surface area contributed by atoms with Gasteiger partial charge >= 0.3 is 12.2 Å². The molecule has 6 nitrogen and oxygen atoms in total. The molecule has 0 radical (unpaired) electrons. The van der Waals surface area contributed by atoms with Crippen molar-refractivity contribution in [3.05, 3.63) is 84.9 Å². The Morgan fingerprint density at radius 1 is 0.615 bits per heavy atom. The van der Waals surface area contributed by atoms with E-state index in [-0.39, 0.29) is 5.75 Å². The predicted molar refractivity (Wildman–Crippen MR) is 95.6 cm³/mol. The number of ether oxygens (including phenoxy) is 3. The molecule has 0 unspecified atom stereocenters. The number of para-hydroxylation sites is 2. The molecule has 3 aromatic carbocycles. The quantitative estimate of drug-likeness (QED) is 0.537. The van der Waals surface area contributed by atoms with Crippen LogP contribution in [0, 0.1) is 0 Å². The maximum absolute atomic E-state index is 11.9. The van der Waals surface area contributed by atoms with Crippen molar-refractivity contribution in [2.75, 3.05) is 5.32 Å². The molecule has 1 N–H and O–H groups in total. The Balaban J connectivity index is 1.57. The lowest BCUT2D eigenvalue weighted by atomic mass is 10.3. The van der Waals surface area contributed by atoms with Crippen molar-refractivity contribution in [3.8, 4) is 17.2 Å². The molecule has 3 rings (SSSR count). The standard InChI is InChI=1S/C20H15NO5/c22-19(24-16-9-3-1-4-10-16)21-15-8-7-13-18(14-15)26-20(23)25-17-11-5-2-6-12-17/h1-14H,(H,21,22). The maximum atomic E-state index is 11.9. The molecule has 0 saturated carbocycles. The smallest absolute Gasteiger partial charge is 0.410 e. The molecular weight excluding hydrogens is 334 g/mol. The van der Waals surface area contributed by atoms with E-state index >= 15 is 0 Å². The van der Waals surface area contributed by atoms with E-state index in [2.05, 4.69) is 5.32 Å². The van der Waals surface area contributed by atoms with Crippen molar-refractivity contribution < 1.29 is 23.8 Å². The van der Waals surface area contributed by atoms with Crippen molar-refractivity contribution in [3.63, 3.8) is 0 Å². The molecule has 0 fully saturated rings. The van der Waals surface area contributed by atoms with Gasteiger partial charge in [0.05, 0.1) is 0 Å². The summed E-state index contributed by atoms with van der Waals surface area (Å²) in [4.78, 5) is 23.7.